The van der Waals surface area contributed by atoms with Crippen LogP contribution in [0.2, 0.25) is 10.0 Å². The van der Waals surface area contributed by atoms with Gasteiger partial charge in [-0.1, -0.05) is 78.1 Å². The van der Waals surface area contributed by atoms with Gasteiger partial charge in [-0.15, -0.1) is 0 Å². The molecule has 0 bridgehead atoms. The van der Waals surface area contributed by atoms with Crippen molar-refractivity contribution >= 4 is 139 Å². The zero-order valence-electron chi connectivity index (χ0n) is 50.6. The van der Waals surface area contributed by atoms with Crippen molar-refractivity contribution in [2.45, 2.75) is 0 Å². The molecule has 488 valence electrons. The van der Waals surface area contributed by atoms with Gasteiger partial charge in [-0.25, -0.2) is 0 Å². The van der Waals surface area contributed by atoms with Crippen molar-refractivity contribution in [1.29, 1.82) is 0 Å². The number of ether oxygens (including phenoxy) is 2. The predicted octanol–water partition coefficient (Wildman–Crippen LogP) is 7.94. The first-order valence-electron chi connectivity index (χ1n) is 26.1. The van der Waals surface area contributed by atoms with E-state index in [4.69, 9.17) is 58.2 Å². The van der Waals surface area contributed by atoms with Crippen LogP contribution in [-0.4, -0.2) is 182 Å². The molecule has 0 aliphatic carbocycles. The highest BCUT2D eigenvalue weighted by Crippen LogP contribution is 2.32. The number of aliphatic carboxylic acids is 5. The minimum Gasteiger partial charge on any atom is -0.493 e. The Morgan fingerprint density at radius 1 is 0.391 bits per heavy atom. The average molecular weight is 1380 g/mol. The monoisotopic (exact) mass is 1370 g/mol. The van der Waals surface area contributed by atoms with Gasteiger partial charge in [0.25, 0.3) is 41.4 Å². The summed E-state index contributed by atoms with van der Waals surface area (Å²) in [4.78, 5) is 144. The van der Waals surface area contributed by atoms with Gasteiger partial charge in [-0.05, 0) is 127 Å². The maximum absolute atomic E-state index is 11.9. The summed E-state index contributed by atoms with van der Waals surface area (Å²) in [5.74, 6) is -7.65. The minimum atomic E-state index is -1.15. The lowest BCUT2D eigenvalue weighted by atomic mass is 10.1. The van der Waals surface area contributed by atoms with E-state index < -0.39 is 85.6 Å². The van der Waals surface area contributed by atoms with Crippen LogP contribution in [0.25, 0.3) is 0 Å². The van der Waals surface area contributed by atoms with E-state index in [0.29, 0.717) is 61.1 Å². The lowest BCUT2D eigenvalue weighted by Crippen LogP contribution is -2.34. The molecule has 5 rings (SSSR count). The Morgan fingerprint density at radius 3 is 1.02 bits per heavy atom. The van der Waals surface area contributed by atoms with Gasteiger partial charge in [0.05, 0.1) is 14.2 Å². The molecule has 0 fully saturated rings. The number of carboxylic acid groups (broad SMARTS) is 5. The van der Waals surface area contributed by atoms with Gasteiger partial charge in [-0.2, -0.15) is 0 Å². The topological polar surface area (TPSA) is 347 Å². The number of methoxy groups -OCH3 is 2. The number of benzene rings is 5. The van der Waals surface area contributed by atoms with Crippen LogP contribution in [0.1, 0.15) is 20.7 Å². The van der Waals surface area contributed by atoms with Gasteiger partial charge in [0.2, 0.25) is 0 Å². The summed E-state index contributed by atoms with van der Waals surface area (Å²) in [6, 6.07) is 28.3. The number of carbonyl (C=O) groups excluding carboxylic acids is 7. The van der Waals surface area contributed by atoms with Crippen molar-refractivity contribution in [3.8, 4) is 11.5 Å². The van der Waals surface area contributed by atoms with Crippen LogP contribution in [-0.2, 0) is 47.9 Å². The fourth-order valence-electron chi connectivity index (χ4n) is 7.13. The summed E-state index contributed by atoms with van der Waals surface area (Å²) in [6.07, 6.45) is 5.24. The molecule has 29 heteroatoms. The zero-order chi connectivity index (χ0) is 70.1. The molecule has 0 spiro atoms. The molecule has 0 aliphatic heterocycles. The first-order valence-corrected chi connectivity index (χ1v) is 27.6. The zero-order valence-corrected chi connectivity index (χ0v) is 53.7. The van der Waals surface area contributed by atoms with Gasteiger partial charge in [-0.3, -0.25) is 82.0 Å². The fraction of sp³-hybridized carbons (Fsp3) is 0.175. The van der Waals surface area contributed by atoms with E-state index in [1.54, 1.807) is 94.9 Å². The van der Waals surface area contributed by atoms with Crippen LogP contribution in [0.3, 0.4) is 0 Å². The van der Waals surface area contributed by atoms with Crippen molar-refractivity contribution in [1.82, 2.24) is 9.80 Å². The van der Waals surface area contributed by atoms with Crippen LogP contribution < -0.4 is 34.0 Å². The van der Waals surface area contributed by atoms with Gasteiger partial charge >= 0.3 is 29.8 Å². The van der Waals surface area contributed by atoms with E-state index in [-0.39, 0.29) is 18.4 Å². The van der Waals surface area contributed by atoms with E-state index in [2.05, 4.69) is 48.8 Å². The molecule has 0 aliphatic rings. The molecule has 26 nitrogen and oxygen atoms in total. The Bertz CT molecular complexity index is 3520. The smallest absolute Gasteiger partial charge is 0.323 e. The number of carboxylic acids is 5. The highest BCUT2D eigenvalue weighted by atomic mass is 79.9. The molecular weight excluding hydrogens is 1310 g/mol. The summed E-state index contributed by atoms with van der Waals surface area (Å²) in [5, 5.41) is 44.6. The molecule has 92 heavy (non-hydrogen) atoms. The number of halogens is 3. The van der Waals surface area contributed by atoms with Crippen LogP contribution >= 0.6 is 39.1 Å². The normalized spacial score (nSPS) is 9.66. The quantitative estimate of drug-likeness (QED) is 0.0366. The minimum absolute atomic E-state index is 0.170. The lowest BCUT2D eigenvalue weighted by Gasteiger charge is -2.20. The first kappa shape index (κ1) is 79.1. The molecule has 0 saturated carbocycles. The maximum atomic E-state index is 11.9. The number of hydrogen-bond acceptors (Lipinski definition) is 14. The van der Waals surface area contributed by atoms with E-state index in [9.17, 15) is 57.5 Å². The summed E-state index contributed by atoms with van der Waals surface area (Å²) >= 11 is 14.8. The molecular formula is C63H66BrCl2N7O19. The van der Waals surface area contributed by atoms with E-state index in [1.807, 2.05) is 0 Å². The standard InChI is InChI=1S/2C14H16N2O4.C13H15NO5.C11H10BrNO3.C11H9Cl2NO3/c1-4-12(17)16(9-13(18)19)11-7-5-10(6-8-11)14(20)15(2)3;1-4-12(17)16(9-13(18)19)11-7-5-6-10(8-11)14(20)15(2)3;1-4-12(15)14(8-13(16)17)9-5-6-10(18-2)11(7-9)19-3;1-2-10(14)13(7-11(15)16)9-5-3-8(12)4-6-9;1-2-10(15)14(6-11(16)17)9-4-7(12)3-8(13)5-9/h2*4-8H,1,9H2,2-3H3,(H,18,19);4-7H,1,8H2,2-3H3,(H,16,17);2-6H,1,7H2,(H,15,16);2-5H,1,6H2,(H,16,17). The first-order chi connectivity index (χ1) is 43.2. The van der Waals surface area contributed by atoms with Crippen molar-refractivity contribution in [2.75, 3.05) is 99.6 Å². The number of amides is 7. The highest BCUT2D eigenvalue weighted by molar-refractivity contribution is 9.10. The Morgan fingerprint density at radius 2 is 0.696 bits per heavy atom. The number of hydrogen-bond donors (Lipinski definition) is 5. The molecule has 0 saturated heterocycles. The number of rotatable bonds is 24. The molecule has 0 radical (unpaired) electrons. The second-order valence-electron chi connectivity index (χ2n) is 18.3. The number of nitrogens with zero attached hydrogens (tertiary/aromatic N) is 7. The summed E-state index contributed by atoms with van der Waals surface area (Å²) < 4.78 is 11.0. The molecule has 0 aromatic heterocycles. The molecule has 7 amide bonds. The third kappa shape index (κ3) is 26.8. The second kappa shape index (κ2) is 39.9. The lowest BCUT2D eigenvalue weighted by molar-refractivity contribution is -0.137. The molecule has 0 heterocycles. The van der Waals surface area contributed by atoms with Crippen LogP contribution in [0.15, 0.2) is 177 Å². The number of carbonyl (C=O) groups is 12. The van der Waals surface area contributed by atoms with E-state index in [1.165, 1.54) is 66.5 Å². The maximum Gasteiger partial charge on any atom is 0.323 e. The Labute approximate surface area is 547 Å². The van der Waals surface area contributed by atoms with E-state index >= 15 is 0 Å². The molecule has 5 aromatic carbocycles. The molecule has 5 aromatic rings. The Kier molecular flexibility index (Phi) is 34.3. The van der Waals surface area contributed by atoms with Gasteiger partial charge in [0.15, 0.2) is 11.5 Å². The van der Waals surface area contributed by atoms with Crippen LogP contribution in [0.5, 0.6) is 11.5 Å². The Balaban J connectivity index is 0.000000576. The van der Waals surface area contributed by atoms with Crippen LogP contribution in [0.4, 0.5) is 28.4 Å². The molecule has 5 N–H and O–H groups in total. The van der Waals surface area contributed by atoms with Crippen LogP contribution in [0, 0.1) is 0 Å². The third-order valence-electron chi connectivity index (χ3n) is 11.3. The van der Waals surface area contributed by atoms with Gasteiger partial charge < -0.3 is 44.8 Å². The molecule has 0 unspecified atom stereocenters. The predicted molar refractivity (Wildman–Crippen MR) is 350 cm³/mol. The van der Waals surface area contributed by atoms with Gasteiger partial charge in [0.1, 0.15) is 32.7 Å². The summed E-state index contributed by atoms with van der Waals surface area (Å²) in [6.45, 7) is 14.4. The number of anilines is 5. The van der Waals surface area contributed by atoms with Crippen molar-refractivity contribution < 1.29 is 92.5 Å². The highest BCUT2D eigenvalue weighted by Gasteiger charge is 2.22. The molecule has 0 atom stereocenters. The van der Waals surface area contributed by atoms with Crippen molar-refractivity contribution in [3.63, 3.8) is 0 Å². The fourth-order valence-corrected chi connectivity index (χ4v) is 7.90. The van der Waals surface area contributed by atoms with Crippen molar-refractivity contribution in [2.24, 2.45) is 0 Å². The largest absolute Gasteiger partial charge is 0.493 e. The van der Waals surface area contributed by atoms with E-state index in [0.717, 1.165) is 59.4 Å². The Hall–Kier alpha value is -10.9. The van der Waals surface area contributed by atoms with Gasteiger partial charge in [0, 0.05) is 88.3 Å². The summed E-state index contributed by atoms with van der Waals surface area (Å²) in [7, 11) is 9.43. The summed E-state index contributed by atoms with van der Waals surface area (Å²) in [5.41, 5.74) is 2.80. The van der Waals surface area contributed by atoms with Crippen molar-refractivity contribution in [3.05, 3.63) is 198 Å². The SMILES string of the molecule is C=CC(=O)N(CC(=O)O)c1cc(Cl)cc(Cl)c1.C=CC(=O)N(CC(=O)O)c1ccc(Br)cc1.C=CC(=O)N(CC(=O)O)c1ccc(C(=O)N(C)C)cc1.C=CC(=O)N(CC(=O)O)c1ccc(OC)c(OC)c1.C=CC(=O)N(CC(=O)O)c1cccc(C(=O)N(C)C)c1. The third-order valence-corrected chi connectivity index (χ3v) is 12.3. The average Bonchev–Trinajstić information content (AvgIpc) is 1.04. The second-order valence-corrected chi connectivity index (χ2v) is 20.0.